The number of alkyl carbamates (subject to hydrolysis) is 1. The maximum absolute atomic E-state index is 12.7. The number of hydrogen-bond donors (Lipinski definition) is 2. The van der Waals surface area contributed by atoms with Crippen LogP contribution in [0.1, 0.15) is 39.4 Å². The van der Waals surface area contributed by atoms with Crippen molar-refractivity contribution in [3.63, 3.8) is 0 Å². The maximum atomic E-state index is 12.7. The molecule has 0 spiro atoms. The van der Waals surface area contributed by atoms with E-state index in [2.05, 4.69) is 20.6 Å². The number of rotatable bonds is 7. The molecule has 1 aromatic rings. The number of ketones is 1. The highest BCUT2D eigenvalue weighted by Crippen LogP contribution is 2.26. The van der Waals surface area contributed by atoms with E-state index in [1.165, 1.54) is 0 Å². The third-order valence-corrected chi connectivity index (χ3v) is 4.01. The lowest BCUT2D eigenvalue weighted by Crippen LogP contribution is -2.46. The van der Waals surface area contributed by atoms with Crippen LogP contribution >= 0.6 is 0 Å². The number of carbonyl (C=O) groups excluding carboxylic acids is 3. The Hall–Kier alpha value is -2.92. The van der Waals surface area contributed by atoms with E-state index in [1.54, 1.807) is 20.8 Å². The number of alkyl halides is 3. The number of nitrogens with one attached hydrogen (secondary N) is 2. The van der Waals surface area contributed by atoms with Crippen molar-refractivity contribution in [3.05, 3.63) is 18.1 Å². The highest BCUT2D eigenvalue weighted by atomic mass is 19.4. The monoisotopic (exact) mass is 432 g/mol. The molecule has 1 fully saturated rings. The first-order valence-corrected chi connectivity index (χ1v) is 9.18. The smallest absolute Gasteiger partial charge is 0.451 e. The van der Waals surface area contributed by atoms with Crippen molar-refractivity contribution in [1.29, 1.82) is 0 Å². The molecule has 0 bridgehead atoms. The molecule has 2 amide bonds. The molecule has 0 aromatic carbocycles. The molecule has 0 unspecified atom stereocenters. The molecule has 12 heteroatoms. The molecule has 30 heavy (non-hydrogen) atoms. The van der Waals surface area contributed by atoms with Gasteiger partial charge in [-0.1, -0.05) is 0 Å². The average Bonchev–Trinajstić information content (AvgIpc) is 3.02. The van der Waals surface area contributed by atoms with Crippen LogP contribution in [0.5, 0.6) is 5.88 Å². The van der Waals surface area contributed by atoms with Gasteiger partial charge in [0.15, 0.2) is 12.4 Å². The minimum atomic E-state index is -4.76. The van der Waals surface area contributed by atoms with Crippen molar-refractivity contribution in [2.45, 2.75) is 51.4 Å². The van der Waals surface area contributed by atoms with E-state index in [1.807, 2.05) is 0 Å². The van der Waals surface area contributed by atoms with Crippen molar-refractivity contribution in [3.8, 4) is 5.88 Å². The van der Waals surface area contributed by atoms with E-state index in [0.29, 0.717) is 13.0 Å². The zero-order valence-corrected chi connectivity index (χ0v) is 16.7. The summed E-state index contributed by atoms with van der Waals surface area (Å²) in [5, 5.41) is 5.04. The van der Waals surface area contributed by atoms with Gasteiger partial charge in [-0.3, -0.25) is 9.59 Å². The fraction of sp³-hybridized carbons (Fsp3) is 0.611. The molecule has 2 N–H and O–H groups in total. The molecule has 2 rings (SSSR count). The fourth-order valence-corrected chi connectivity index (χ4v) is 2.68. The van der Waals surface area contributed by atoms with Crippen LogP contribution in [0.2, 0.25) is 0 Å². The number of hydrogen-bond acceptors (Lipinski definition) is 7. The Balaban J connectivity index is 2.06. The largest absolute Gasteiger partial charge is 0.469 e. The highest BCUT2D eigenvalue weighted by Gasteiger charge is 2.35. The topological polar surface area (TPSA) is 120 Å². The van der Waals surface area contributed by atoms with E-state index in [0.717, 1.165) is 12.3 Å². The third-order valence-electron chi connectivity index (χ3n) is 4.01. The molecule has 1 aliphatic heterocycles. The minimum Gasteiger partial charge on any atom is -0.469 e. The molecule has 2 heterocycles. The number of halogens is 3. The maximum Gasteiger partial charge on any atom is 0.451 e. The van der Waals surface area contributed by atoms with Gasteiger partial charge in [-0.2, -0.15) is 18.2 Å². The summed E-state index contributed by atoms with van der Waals surface area (Å²) in [5.74, 6) is -3.23. The van der Waals surface area contributed by atoms with E-state index >= 15 is 0 Å². The second-order valence-corrected chi connectivity index (χ2v) is 7.68. The van der Waals surface area contributed by atoms with Crippen LogP contribution < -0.4 is 15.4 Å². The lowest BCUT2D eigenvalue weighted by molar-refractivity contribution is -0.145. The average molecular weight is 432 g/mol. The van der Waals surface area contributed by atoms with Gasteiger partial charge >= 0.3 is 12.3 Å². The van der Waals surface area contributed by atoms with Gasteiger partial charge in [0.05, 0.1) is 6.04 Å². The summed E-state index contributed by atoms with van der Waals surface area (Å²) < 4.78 is 48.3. The molecule has 166 valence electrons. The molecule has 0 saturated carbocycles. The number of Topliss-reactive ketones (excluding diaryl/α,β-unsaturated/α-hetero) is 1. The van der Waals surface area contributed by atoms with Crippen LogP contribution in [0.25, 0.3) is 0 Å². The predicted octanol–water partition coefficient (Wildman–Crippen LogP) is 1.86. The summed E-state index contributed by atoms with van der Waals surface area (Å²) >= 11 is 0. The normalized spacial score (nSPS) is 17.8. The molecule has 0 radical (unpaired) electrons. The van der Waals surface area contributed by atoms with E-state index in [9.17, 15) is 27.6 Å². The Morgan fingerprint density at radius 3 is 2.60 bits per heavy atom. The third kappa shape index (κ3) is 7.16. The molecule has 9 nitrogen and oxygen atoms in total. The summed E-state index contributed by atoms with van der Waals surface area (Å²) in [4.78, 5) is 42.8. The molecule has 2 atom stereocenters. The fourth-order valence-electron chi connectivity index (χ4n) is 2.68. The van der Waals surface area contributed by atoms with Crippen molar-refractivity contribution >= 4 is 17.8 Å². The second kappa shape index (κ2) is 9.26. The van der Waals surface area contributed by atoms with E-state index in [4.69, 9.17) is 9.47 Å². The molecular weight excluding hydrogens is 409 g/mol. The summed E-state index contributed by atoms with van der Waals surface area (Å²) in [6.45, 7) is 4.72. The highest BCUT2D eigenvalue weighted by molar-refractivity contribution is 5.89. The minimum absolute atomic E-state index is 0.00481. The standard InChI is InChI=1S/C18H23F3N4O5/c1-17(2,3)30-16(28)24-11(8-10-4-6-22-14(10)27)12(26)9-29-13-5-7-23-15(25-13)18(19,20)21/h5,7,10-11H,4,6,8-9H2,1-3H3,(H,22,27)(H,24,28)/t10-,11-/m0/s1. The molecule has 1 saturated heterocycles. The van der Waals surface area contributed by atoms with E-state index < -0.39 is 53.9 Å². The van der Waals surface area contributed by atoms with Crippen molar-refractivity contribution in [2.75, 3.05) is 13.2 Å². The molecular formula is C18H23F3N4O5. The van der Waals surface area contributed by atoms with Gasteiger partial charge in [-0.05, 0) is 33.6 Å². The number of carbonyl (C=O) groups is 3. The van der Waals surface area contributed by atoms with Crippen LogP contribution in [0, 0.1) is 5.92 Å². The van der Waals surface area contributed by atoms with Crippen LogP contribution in [0.3, 0.4) is 0 Å². The molecule has 1 aliphatic rings. The molecule has 1 aromatic heterocycles. The first-order valence-electron chi connectivity index (χ1n) is 9.18. The van der Waals surface area contributed by atoms with E-state index in [-0.39, 0.29) is 12.3 Å². The second-order valence-electron chi connectivity index (χ2n) is 7.68. The number of amides is 2. The lowest BCUT2D eigenvalue weighted by Gasteiger charge is -2.24. The molecule has 0 aliphatic carbocycles. The Labute approximate surface area is 170 Å². The van der Waals surface area contributed by atoms with Gasteiger partial charge in [-0.15, -0.1) is 0 Å². The quantitative estimate of drug-likeness (QED) is 0.675. The zero-order valence-electron chi connectivity index (χ0n) is 16.7. The Morgan fingerprint density at radius 1 is 1.33 bits per heavy atom. The summed E-state index contributed by atoms with van der Waals surface area (Å²) in [6, 6.07) is -0.0545. The predicted molar refractivity (Wildman–Crippen MR) is 96.4 cm³/mol. The SMILES string of the molecule is CC(C)(C)OC(=O)N[C@@H](C[C@@H]1CCNC1=O)C(=O)COc1ccnc(C(F)(F)F)n1. The lowest BCUT2D eigenvalue weighted by atomic mass is 9.96. The summed E-state index contributed by atoms with van der Waals surface area (Å²) in [5.41, 5.74) is -0.812. The van der Waals surface area contributed by atoms with Crippen molar-refractivity contribution < 1.29 is 37.0 Å². The van der Waals surface area contributed by atoms with Gasteiger partial charge in [-0.25, -0.2) is 9.78 Å². The van der Waals surface area contributed by atoms with Crippen molar-refractivity contribution in [2.24, 2.45) is 5.92 Å². The van der Waals surface area contributed by atoms with Gasteiger partial charge in [0, 0.05) is 24.7 Å². The Kier molecular flexibility index (Phi) is 7.21. The first-order chi connectivity index (χ1) is 13.8. The van der Waals surface area contributed by atoms with Gasteiger partial charge < -0.3 is 20.1 Å². The number of ether oxygens (including phenoxy) is 2. The first kappa shape index (κ1) is 23.4. The number of nitrogens with zero attached hydrogens (tertiary/aromatic N) is 2. The van der Waals surface area contributed by atoms with Crippen LogP contribution in [0.4, 0.5) is 18.0 Å². The van der Waals surface area contributed by atoms with Gasteiger partial charge in [0.25, 0.3) is 0 Å². The summed E-state index contributed by atoms with van der Waals surface area (Å²) in [6.07, 6.45) is -4.28. The van der Waals surface area contributed by atoms with Gasteiger partial charge in [0.2, 0.25) is 17.6 Å². The zero-order chi connectivity index (χ0) is 22.5. The van der Waals surface area contributed by atoms with Gasteiger partial charge in [0.1, 0.15) is 5.60 Å². The Bertz CT molecular complexity index is 795. The summed E-state index contributed by atoms with van der Waals surface area (Å²) in [7, 11) is 0. The van der Waals surface area contributed by atoms with Crippen LogP contribution in [-0.4, -0.2) is 52.5 Å². The number of aromatic nitrogens is 2. The van der Waals surface area contributed by atoms with Crippen LogP contribution in [0.15, 0.2) is 12.3 Å². The van der Waals surface area contributed by atoms with Crippen LogP contribution in [-0.2, 0) is 20.5 Å². The Morgan fingerprint density at radius 2 is 2.03 bits per heavy atom. The van der Waals surface area contributed by atoms with Crippen molar-refractivity contribution in [1.82, 2.24) is 20.6 Å².